The third-order valence-electron chi connectivity index (χ3n) is 2.83. The number of carbonyl (C=O) groups is 1. The molecule has 1 heterocycles. The molecule has 0 unspecified atom stereocenters. The first kappa shape index (κ1) is 15.2. The van der Waals surface area contributed by atoms with Gasteiger partial charge in [-0.3, -0.25) is 4.79 Å². The van der Waals surface area contributed by atoms with Crippen LogP contribution < -0.4 is 11.1 Å². The first-order valence-electron chi connectivity index (χ1n) is 6.33. The summed E-state index contributed by atoms with van der Waals surface area (Å²) in [6, 6.07) is 7.44. The van der Waals surface area contributed by atoms with E-state index < -0.39 is 0 Å². The van der Waals surface area contributed by atoms with E-state index in [1.807, 2.05) is 40.9 Å². The summed E-state index contributed by atoms with van der Waals surface area (Å²) in [5, 5.41) is 2.79. The monoisotopic (exact) mass is 356 g/mol. The van der Waals surface area contributed by atoms with Gasteiger partial charge in [0.25, 0.3) is 0 Å². The van der Waals surface area contributed by atoms with E-state index in [1.165, 1.54) is 0 Å². The van der Waals surface area contributed by atoms with Crippen LogP contribution >= 0.6 is 27.7 Å². The van der Waals surface area contributed by atoms with Crippen LogP contribution in [0, 0.1) is 0 Å². The molecule has 3 N–H and O–H groups in total. The second-order valence-corrected chi connectivity index (χ2v) is 6.47. The summed E-state index contributed by atoms with van der Waals surface area (Å²) in [5.74, 6) is 2.40. The number of hydrogen-bond acceptors (Lipinski definition) is 3. The van der Waals surface area contributed by atoms with Gasteiger partial charge in [0.1, 0.15) is 6.54 Å². The van der Waals surface area contributed by atoms with E-state index in [9.17, 15) is 4.79 Å². The summed E-state index contributed by atoms with van der Waals surface area (Å²) in [7, 11) is 0. The van der Waals surface area contributed by atoms with Gasteiger partial charge in [0, 0.05) is 34.8 Å². The predicted octanol–water partition coefficient (Wildman–Crippen LogP) is 1.75. The maximum atomic E-state index is 11.8. The van der Waals surface area contributed by atoms with E-state index in [0.29, 0.717) is 5.96 Å². The van der Waals surface area contributed by atoms with Crippen molar-refractivity contribution in [3.8, 4) is 0 Å². The highest BCUT2D eigenvalue weighted by Crippen LogP contribution is 2.15. The summed E-state index contributed by atoms with van der Waals surface area (Å²) in [4.78, 5) is 18.0. The number of halogens is 1. The number of aliphatic imine (C=N–C) groups is 1. The number of nitrogens with one attached hydrogen (secondary N) is 1. The Morgan fingerprint density at radius 1 is 1.45 bits per heavy atom. The van der Waals surface area contributed by atoms with Crippen molar-refractivity contribution in [2.24, 2.45) is 10.7 Å². The molecule has 1 fully saturated rings. The number of carbonyl (C=O) groups excluding carboxylic acids is 1. The summed E-state index contributed by atoms with van der Waals surface area (Å²) < 4.78 is 0.920. The van der Waals surface area contributed by atoms with Crippen LogP contribution in [0.3, 0.4) is 0 Å². The largest absolute Gasteiger partial charge is 0.370 e. The highest BCUT2D eigenvalue weighted by Gasteiger charge is 2.12. The van der Waals surface area contributed by atoms with Gasteiger partial charge in [-0.15, -0.1) is 0 Å². The van der Waals surface area contributed by atoms with Crippen molar-refractivity contribution in [3.05, 3.63) is 28.7 Å². The molecule has 1 amide bonds. The van der Waals surface area contributed by atoms with Gasteiger partial charge in [-0.1, -0.05) is 22.0 Å². The summed E-state index contributed by atoms with van der Waals surface area (Å²) in [6.45, 7) is 1.84. The Labute approximate surface area is 131 Å². The van der Waals surface area contributed by atoms with Gasteiger partial charge in [0.15, 0.2) is 5.96 Å². The van der Waals surface area contributed by atoms with E-state index >= 15 is 0 Å². The van der Waals surface area contributed by atoms with Gasteiger partial charge in [0.05, 0.1) is 0 Å². The molecule has 0 saturated carbocycles. The quantitative estimate of drug-likeness (QED) is 0.639. The average molecular weight is 357 g/mol. The van der Waals surface area contributed by atoms with Gasteiger partial charge in [-0.05, 0) is 18.2 Å². The number of anilines is 1. The van der Waals surface area contributed by atoms with Crippen LogP contribution in [0.15, 0.2) is 33.7 Å². The zero-order chi connectivity index (χ0) is 14.4. The number of hydrogen-bond donors (Lipinski definition) is 2. The molecule has 1 aromatic rings. The Morgan fingerprint density at radius 3 is 2.90 bits per heavy atom. The molecular formula is C13H17BrN4OS. The third-order valence-corrected chi connectivity index (χ3v) is 4.26. The molecular weight excluding hydrogens is 340 g/mol. The Kier molecular flexibility index (Phi) is 5.72. The molecule has 108 valence electrons. The molecule has 1 saturated heterocycles. The fraction of sp³-hybridized carbons (Fsp3) is 0.385. The summed E-state index contributed by atoms with van der Waals surface area (Å²) in [6.07, 6.45) is 0. The zero-order valence-electron chi connectivity index (χ0n) is 11.0. The summed E-state index contributed by atoms with van der Waals surface area (Å²) in [5.41, 5.74) is 6.64. The molecule has 7 heteroatoms. The highest BCUT2D eigenvalue weighted by molar-refractivity contribution is 9.10. The minimum Gasteiger partial charge on any atom is -0.370 e. The lowest BCUT2D eigenvalue weighted by atomic mass is 10.3. The van der Waals surface area contributed by atoms with Crippen molar-refractivity contribution in [1.29, 1.82) is 0 Å². The van der Waals surface area contributed by atoms with Crippen molar-refractivity contribution in [2.45, 2.75) is 0 Å². The van der Waals surface area contributed by atoms with Crippen molar-refractivity contribution >= 4 is 45.2 Å². The summed E-state index contributed by atoms with van der Waals surface area (Å²) >= 11 is 5.27. The van der Waals surface area contributed by atoms with Gasteiger partial charge in [-0.2, -0.15) is 11.8 Å². The SMILES string of the molecule is NC(=NCC(=O)Nc1cccc(Br)c1)N1CCSCC1. The normalized spacial score (nSPS) is 16.1. The molecule has 5 nitrogen and oxygen atoms in total. The standard InChI is InChI=1S/C13H17BrN4OS/c14-10-2-1-3-11(8-10)17-12(19)9-16-13(15)18-4-6-20-7-5-18/h1-3,8H,4-7,9H2,(H2,15,16)(H,17,19). The number of rotatable bonds is 3. The second kappa shape index (κ2) is 7.54. The number of thioether (sulfide) groups is 1. The van der Waals surface area contributed by atoms with Crippen LogP contribution in [-0.2, 0) is 4.79 Å². The number of nitrogens with zero attached hydrogens (tertiary/aromatic N) is 2. The Bertz CT molecular complexity index is 503. The maximum Gasteiger partial charge on any atom is 0.246 e. The minimum atomic E-state index is -0.169. The molecule has 1 aliphatic heterocycles. The van der Waals surface area contributed by atoms with Crippen molar-refractivity contribution in [3.63, 3.8) is 0 Å². The zero-order valence-corrected chi connectivity index (χ0v) is 13.4. The molecule has 0 aromatic heterocycles. The van der Waals surface area contributed by atoms with Crippen molar-refractivity contribution in [2.75, 3.05) is 36.5 Å². The lowest BCUT2D eigenvalue weighted by Crippen LogP contribution is -2.43. The van der Waals surface area contributed by atoms with E-state index in [-0.39, 0.29) is 12.5 Å². The third kappa shape index (κ3) is 4.72. The second-order valence-electron chi connectivity index (χ2n) is 4.33. The smallest absolute Gasteiger partial charge is 0.246 e. The molecule has 2 rings (SSSR count). The van der Waals surface area contributed by atoms with Crippen LogP contribution in [0.4, 0.5) is 5.69 Å². The molecule has 0 spiro atoms. The van der Waals surface area contributed by atoms with E-state index in [1.54, 1.807) is 0 Å². The highest BCUT2D eigenvalue weighted by atomic mass is 79.9. The molecule has 20 heavy (non-hydrogen) atoms. The van der Waals surface area contributed by atoms with Gasteiger partial charge in [-0.25, -0.2) is 4.99 Å². The Hall–Kier alpha value is -1.21. The Balaban J connectivity index is 1.84. The lowest BCUT2D eigenvalue weighted by Gasteiger charge is -2.27. The molecule has 1 aromatic carbocycles. The van der Waals surface area contributed by atoms with E-state index in [0.717, 1.165) is 34.8 Å². The first-order chi connectivity index (χ1) is 9.65. The number of benzene rings is 1. The average Bonchev–Trinajstić information content (AvgIpc) is 2.46. The molecule has 0 atom stereocenters. The van der Waals surface area contributed by atoms with E-state index in [2.05, 4.69) is 26.2 Å². The Morgan fingerprint density at radius 2 is 2.20 bits per heavy atom. The molecule has 0 aliphatic carbocycles. The van der Waals surface area contributed by atoms with Gasteiger partial charge < -0.3 is 16.0 Å². The minimum absolute atomic E-state index is 0.0436. The number of nitrogens with two attached hydrogens (primary N) is 1. The molecule has 0 radical (unpaired) electrons. The first-order valence-corrected chi connectivity index (χ1v) is 8.28. The van der Waals surface area contributed by atoms with Gasteiger partial charge in [0.2, 0.25) is 5.91 Å². The van der Waals surface area contributed by atoms with Crippen molar-refractivity contribution in [1.82, 2.24) is 4.90 Å². The van der Waals surface area contributed by atoms with Crippen LogP contribution in [0.1, 0.15) is 0 Å². The van der Waals surface area contributed by atoms with Crippen LogP contribution in [0.5, 0.6) is 0 Å². The fourth-order valence-corrected chi connectivity index (χ4v) is 3.11. The lowest BCUT2D eigenvalue weighted by molar-refractivity contribution is -0.114. The van der Waals surface area contributed by atoms with Gasteiger partial charge >= 0.3 is 0 Å². The van der Waals surface area contributed by atoms with E-state index in [4.69, 9.17) is 5.73 Å². The van der Waals surface area contributed by atoms with Crippen molar-refractivity contribution < 1.29 is 4.79 Å². The van der Waals surface area contributed by atoms with Crippen LogP contribution in [0.25, 0.3) is 0 Å². The number of guanidine groups is 1. The predicted molar refractivity (Wildman–Crippen MR) is 88.2 cm³/mol. The van der Waals surface area contributed by atoms with Crippen LogP contribution in [-0.4, -0.2) is 47.9 Å². The molecule has 1 aliphatic rings. The number of amides is 1. The fourth-order valence-electron chi connectivity index (χ4n) is 1.81. The topological polar surface area (TPSA) is 70.7 Å². The van der Waals surface area contributed by atoms with Crippen LogP contribution in [0.2, 0.25) is 0 Å². The molecule has 0 bridgehead atoms. The maximum absolute atomic E-state index is 11.8.